The van der Waals surface area contributed by atoms with Crippen molar-refractivity contribution in [3.63, 3.8) is 0 Å². The number of halogens is 3. The first-order chi connectivity index (χ1) is 12.8. The van der Waals surface area contributed by atoms with Crippen molar-refractivity contribution in [2.45, 2.75) is 12.1 Å². The third-order valence-electron chi connectivity index (χ3n) is 3.92. The van der Waals surface area contributed by atoms with E-state index in [0.29, 0.717) is 6.54 Å². The number of hydrogen-bond donors (Lipinski definition) is 2. The van der Waals surface area contributed by atoms with Crippen LogP contribution in [-0.2, 0) is 12.1 Å². The summed E-state index contributed by atoms with van der Waals surface area (Å²) in [6.07, 6.45) is 2.25. The molecule has 3 N–H and O–H groups in total. The molecule has 0 saturated carbocycles. The first-order valence-electron chi connectivity index (χ1n) is 8.16. The van der Waals surface area contributed by atoms with Crippen LogP contribution < -0.4 is 5.73 Å². The number of hydrogen-bond acceptors (Lipinski definition) is 3. The normalized spacial score (nSPS) is 14.3. The Bertz CT molecular complexity index is 814. The van der Waals surface area contributed by atoms with Gasteiger partial charge in [0.1, 0.15) is 23.6 Å². The largest absolute Gasteiger partial charge is 0.390 e. The number of nitrogens with two attached hydrogens (primary N) is 1. The molecule has 0 aliphatic carbocycles. The smallest absolute Gasteiger partial charge is 0.132 e. The zero-order chi connectivity index (χ0) is 19.9. The maximum Gasteiger partial charge on any atom is 0.132 e. The number of rotatable bonds is 8. The summed E-state index contributed by atoms with van der Waals surface area (Å²) in [5, 5.41) is 11.1. The molecule has 144 valence electrons. The fourth-order valence-electron chi connectivity index (χ4n) is 2.77. The predicted molar refractivity (Wildman–Crippen MR) is 112 cm³/mol. The Labute approximate surface area is 170 Å². The molecule has 2 aromatic rings. The molecule has 8 heteroatoms. The molecule has 0 heterocycles. The molecule has 0 saturated heterocycles. The van der Waals surface area contributed by atoms with Crippen molar-refractivity contribution in [1.29, 1.82) is 0 Å². The van der Waals surface area contributed by atoms with Crippen LogP contribution in [0.4, 0.5) is 8.78 Å². The summed E-state index contributed by atoms with van der Waals surface area (Å²) < 4.78 is 28.7. The van der Waals surface area contributed by atoms with Crippen LogP contribution in [0.15, 0.2) is 52.4 Å². The van der Waals surface area contributed by atoms with Gasteiger partial charge in [-0.15, -0.1) is 0 Å². The quantitative estimate of drug-likeness (QED) is 0.343. The molecule has 0 aromatic heterocycles. The van der Waals surface area contributed by atoms with E-state index in [4.69, 9.17) is 5.73 Å². The Morgan fingerprint density at radius 1 is 1.22 bits per heavy atom. The molecule has 0 bridgehead atoms. The zero-order valence-electron chi connectivity index (χ0n) is 14.8. The van der Waals surface area contributed by atoms with E-state index in [1.165, 1.54) is 12.4 Å². The summed E-state index contributed by atoms with van der Waals surface area (Å²) in [6.45, 7) is 0.488. The topological polar surface area (TPSA) is 74.2 Å². The number of nitrogens with zero attached hydrogens (tertiary/aromatic N) is 3. The summed E-state index contributed by atoms with van der Waals surface area (Å²) in [4.78, 5) is 9.50. The fourth-order valence-corrected chi connectivity index (χ4v) is 3.13. The molecule has 1 unspecified atom stereocenters. The molecular formula is C19H21F2IN4O. The maximum absolute atomic E-state index is 14.3. The first-order valence-corrected chi connectivity index (χ1v) is 9.24. The Balaban J connectivity index is 2.23. The Morgan fingerprint density at radius 2 is 1.93 bits per heavy atom. The highest BCUT2D eigenvalue weighted by Gasteiger charge is 2.33. The molecule has 0 fully saturated rings. The van der Waals surface area contributed by atoms with Crippen molar-refractivity contribution in [3.05, 3.63) is 68.8 Å². The van der Waals surface area contributed by atoms with E-state index in [1.54, 1.807) is 0 Å². The highest BCUT2D eigenvalue weighted by Crippen LogP contribution is 2.27. The molecule has 2 rings (SSSR count). The summed E-state index contributed by atoms with van der Waals surface area (Å²) in [5.41, 5.74) is 4.53. The highest BCUT2D eigenvalue weighted by atomic mass is 127. The van der Waals surface area contributed by atoms with Crippen LogP contribution in [0.1, 0.15) is 11.1 Å². The minimum Gasteiger partial charge on any atom is -0.390 e. The van der Waals surface area contributed by atoms with Gasteiger partial charge in [0.2, 0.25) is 0 Å². The summed E-state index contributed by atoms with van der Waals surface area (Å²) in [7, 11) is 1.81. The lowest BCUT2D eigenvalue weighted by atomic mass is 9.92. The van der Waals surface area contributed by atoms with Gasteiger partial charge in [-0.3, -0.25) is 9.89 Å². The standard InChI is InChI=1S/C19H21F2IN4O/c1-26(9-14-2-5-16(22)6-3-14)11-19(27,10-24-13-25-12-23)17-7-4-15(20)8-18(17)21/h2-8,12-13,27H,9-11H2,1H3,(H2,23,24,25). The number of aliphatic imine (C=N–C) groups is 2. The molecule has 0 amide bonds. The van der Waals surface area contributed by atoms with E-state index in [9.17, 15) is 13.9 Å². The maximum atomic E-state index is 14.3. The lowest BCUT2D eigenvalue weighted by Crippen LogP contribution is -2.42. The van der Waals surface area contributed by atoms with Gasteiger partial charge in [-0.05, 0) is 53.4 Å². The average Bonchev–Trinajstić information content (AvgIpc) is 2.60. The summed E-state index contributed by atoms with van der Waals surface area (Å²) >= 11 is 2.23. The van der Waals surface area contributed by atoms with E-state index >= 15 is 0 Å². The van der Waals surface area contributed by atoms with Crippen molar-refractivity contribution >= 4 is 35.3 Å². The van der Waals surface area contributed by atoms with Crippen molar-refractivity contribution in [2.75, 3.05) is 20.1 Å². The third-order valence-corrected chi connectivity index (χ3v) is 4.64. The molecule has 0 spiro atoms. The SMILES string of the molecule is CN(Cc1ccc(I)cc1)CC(O)(CN=CN=CN)c1ccc(F)cc1F. The van der Waals surface area contributed by atoms with Gasteiger partial charge in [0, 0.05) is 28.3 Å². The first kappa shape index (κ1) is 21.4. The van der Waals surface area contributed by atoms with Crippen LogP contribution in [0, 0.1) is 15.2 Å². The molecule has 1 atom stereocenters. The summed E-state index contributed by atoms with van der Waals surface area (Å²) in [6, 6.07) is 11.1. The number of aliphatic hydroxyl groups is 1. The second-order valence-electron chi connectivity index (χ2n) is 6.21. The van der Waals surface area contributed by atoms with E-state index in [2.05, 4.69) is 32.6 Å². The lowest BCUT2D eigenvalue weighted by Gasteiger charge is -2.32. The fraction of sp³-hybridized carbons (Fsp3) is 0.263. The molecule has 0 aliphatic rings. The molecule has 2 aromatic carbocycles. The van der Waals surface area contributed by atoms with Gasteiger partial charge in [-0.2, -0.15) is 0 Å². The van der Waals surface area contributed by atoms with Gasteiger partial charge in [0.25, 0.3) is 0 Å². The van der Waals surface area contributed by atoms with Crippen LogP contribution in [0.5, 0.6) is 0 Å². The van der Waals surface area contributed by atoms with Crippen molar-refractivity contribution < 1.29 is 13.9 Å². The second kappa shape index (κ2) is 9.86. The molecule has 0 radical (unpaired) electrons. The van der Waals surface area contributed by atoms with Crippen molar-refractivity contribution in [2.24, 2.45) is 15.7 Å². The van der Waals surface area contributed by atoms with Gasteiger partial charge in [0.15, 0.2) is 0 Å². The van der Waals surface area contributed by atoms with E-state index in [1.807, 2.05) is 36.2 Å². The van der Waals surface area contributed by atoms with Crippen LogP contribution in [-0.4, -0.2) is 42.8 Å². The molecule has 27 heavy (non-hydrogen) atoms. The number of likely N-dealkylation sites (N-methyl/N-ethyl adjacent to an activating group) is 1. The third kappa shape index (κ3) is 6.33. The Kier molecular flexibility index (Phi) is 7.81. The lowest BCUT2D eigenvalue weighted by molar-refractivity contribution is 0.00943. The second-order valence-corrected chi connectivity index (χ2v) is 7.45. The highest BCUT2D eigenvalue weighted by molar-refractivity contribution is 14.1. The van der Waals surface area contributed by atoms with Crippen LogP contribution in [0.25, 0.3) is 0 Å². The minimum atomic E-state index is -1.66. The van der Waals surface area contributed by atoms with Crippen LogP contribution >= 0.6 is 22.6 Å². The van der Waals surface area contributed by atoms with E-state index in [-0.39, 0.29) is 18.7 Å². The van der Waals surface area contributed by atoms with E-state index in [0.717, 1.165) is 27.6 Å². The number of benzene rings is 2. The van der Waals surface area contributed by atoms with E-state index < -0.39 is 17.2 Å². The van der Waals surface area contributed by atoms with Crippen molar-refractivity contribution in [1.82, 2.24) is 4.90 Å². The van der Waals surface area contributed by atoms with Crippen LogP contribution in [0.2, 0.25) is 0 Å². The van der Waals surface area contributed by atoms with Gasteiger partial charge < -0.3 is 10.8 Å². The molecule has 5 nitrogen and oxygen atoms in total. The Hall–Kier alpha value is -1.91. The predicted octanol–water partition coefficient (Wildman–Crippen LogP) is 2.90. The van der Waals surface area contributed by atoms with Crippen molar-refractivity contribution in [3.8, 4) is 0 Å². The van der Waals surface area contributed by atoms with Crippen LogP contribution in [0.3, 0.4) is 0 Å². The van der Waals surface area contributed by atoms with Gasteiger partial charge in [0.05, 0.1) is 12.9 Å². The Morgan fingerprint density at radius 3 is 2.56 bits per heavy atom. The van der Waals surface area contributed by atoms with Gasteiger partial charge in [-0.1, -0.05) is 18.2 Å². The summed E-state index contributed by atoms with van der Waals surface area (Å²) in [5.74, 6) is -1.53. The van der Waals surface area contributed by atoms with Gasteiger partial charge >= 0.3 is 0 Å². The molecular weight excluding hydrogens is 465 g/mol. The average molecular weight is 486 g/mol. The zero-order valence-corrected chi connectivity index (χ0v) is 17.0. The minimum absolute atomic E-state index is 0.0211. The molecule has 0 aliphatic heterocycles. The monoisotopic (exact) mass is 486 g/mol. The van der Waals surface area contributed by atoms with Gasteiger partial charge in [-0.25, -0.2) is 13.8 Å².